The number of hydrazine groups is 1. The Labute approximate surface area is 200 Å². The maximum atomic E-state index is 15.4. The lowest BCUT2D eigenvalue weighted by Crippen LogP contribution is -2.45. The SMILES string of the molecule is C[C@H]1COc2c(N3CCN(C)CC3)c(F)cc3c(=O)c(C(=O)NNC(=O)c4cccnc4)cn1c23. The van der Waals surface area contributed by atoms with E-state index in [4.69, 9.17) is 4.74 Å². The number of piperazine rings is 1. The van der Waals surface area contributed by atoms with Crippen LogP contribution in [0.5, 0.6) is 5.75 Å². The van der Waals surface area contributed by atoms with Crippen molar-refractivity contribution in [2.24, 2.45) is 0 Å². The lowest BCUT2D eigenvalue weighted by atomic mass is 10.0. The summed E-state index contributed by atoms with van der Waals surface area (Å²) < 4.78 is 23.1. The number of anilines is 1. The predicted molar refractivity (Wildman–Crippen MR) is 127 cm³/mol. The summed E-state index contributed by atoms with van der Waals surface area (Å²) in [5.41, 5.74) is 4.73. The second-order valence-corrected chi connectivity index (χ2v) is 8.81. The number of nitrogens with one attached hydrogen (secondary N) is 2. The molecule has 5 rings (SSSR count). The number of carbonyl (C=O) groups is 2. The molecule has 182 valence electrons. The van der Waals surface area contributed by atoms with Crippen molar-refractivity contribution in [3.63, 3.8) is 0 Å². The quantitative estimate of drug-likeness (QED) is 0.544. The van der Waals surface area contributed by atoms with E-state index in [1.165, 1.54) is 30.7 Å². The number of hydrogen-bond acceptors (Lipinski definition) is 7. The summed E-state index contributed by atoms with van der Waals surface area (Å²) in [5.74, 6) is -1.64. The Morgan fingerprint density at radius 3 is 2.63 bits per heavy atom. The molecule has 0 bridgehead atoms. The molecule has 1 atom stereocenters. The third kappa shape index (κ3) is 4.08. The van der Waals surface area contributed by atoms with Gasteiger partial charge in [0.05, 0.1) is 22.5 Å². The van der Waals surface area contributed by atoms with Crippen LogP contribution in [0.4, 0.5) is 10.1 Å². The van der Waals surface area contributed by atoms with E-state index < -0.39 is 23.1 Å². The Bertz CT molecular complexity index is 1370. The zero-order chi connectivity index (χ0) is 24.7. The van der Waals surface area contributed by atoms with Crippen LogP contribution in [0.3, 0.4) is 0 Å². The molecule has 2 amide bonds. The van der Waals surface area contributed by atoms with E-state index in [9.17, 15) is 14.4 Å². The minimum absolute atomic E-state index is 0.0492. The molecular weight excluding hydrogens is 455 g/mol. The summed E-state index contributed by atoms with van der Waals surface area (Å²) >= 11 is 0. The van der Waals surface area contributed by atoms with Crippen LogP contribution in [0.15, 0.2) is 41.6 Å². The van der Waals surface area contributed by atoms with Gasteiger partial charge in [0.15, 0.2) is 11.6 Å². The molecule has 1 saturated heterocycles. The molecule has 3 aromatic rings. The maximum absolute atomic E-state index is 15.4. The Morgan fingerprint density at radius 2 is 1.91 bits per heavy atom. The van der Waals surface area contributed by atoms with Crippen LogP contribution in [0.25, 0.3) is 10.9 Å². The topological polar surface area (TPSA) is 109 Å². The van der Waals surface area contributed by atoms with Gasteiger partial charge in [-0.2, -0.15) is 0 Å². The van der Waals surface area contributed by atoms with Crippen LogP contribution in [0.1, 0.15) is 33.7 Å². The molecule has 1 aromatic carbocycles. The molecule has 0 saturated carbocycles. The van der Waals surface area contributed by atoms with E-state index in [0.29, 0.717) is 30.0 Å². The van der Waals surface area contributed by atoms with Gasteiger partial charge < -0.3 is 19.1 Å². The van der Waals surface area contributed by atoms with Crippen LogP contribution >= 0.6 is 0 Å². The first-order chi connectivity index (χ1) is 16.8. The number of carbonyl (C=O) groups excluding carboxylic acids is 2. The molecule has 1 fully saturated rings. The first-order valence-electron chi connectivity index (χ1n) is 11.3. The molecule has 2 aromatic heterocycles. The fraction of sp³-hybridized carbons (Fsp3) is 0.333. The lowest BCUT2D eigenvalue weighted by Gasteiger charge is -2.37. The summed E-state index contributed by atoms with van der Waals surface area (Å²) in [5, 5.41) is 0.0492. The number of amides is 2. The molecule has 0 spiro atoms. The molecule has 0 unspecified atom stereocenters. The van der Waals surface area contributed by atoms with Gasteiger partial charge in [-0.25, -0.2) is 4.39 Å². The highest BCUT2D eigenvalue weighted by atomic mass is 19.1. The number of halogens is 1. The van der Waals surface area contributed by atoms with Gasteiger partial charge in [-0.3, -0.25) is 30.2 Å². The summed E-state index contributed by atoms with van der Waals surface area (Å²) in [7, 11) is 2.01. The minimum Gasteiger partial charge on any atom is -0.487 e. The molecule has 2 aliphatic heterocycles. The molecule has 2 aliphatic rings. The first-order valence-corrected chi connectivity index (χ1v) is 11.3. The number of likely N-dealkylation sites (N-methyl/N-ethyl adjacent to an activating group) is 1. The third-order valence-electron chi connectivity index (χ3n) is 6.42. The highest BCUT2D eigenvalue weighted by molar-refractivity contribution is 6.02. The van der Waals surface area contributed by atoms with Gasteiger partial charge in [-0.1, -0.05) is 0 Å². The molecule has 10 nitrogen and oxygen atoms in total. The van der Waals surface area contributed by atoms with Crippen LogP contribution < -0.4 is 25.9 Å². The molecule has 0 aliphatic carbocycles. The fourth-order valence-corrected chi connectivity index (χ4v) is 4.45. The molecular formula is C24H25FN6O4. The van der Waals surface area contributed by atoms with Crippen molar-refractivity contribution < 1.29 is 18.7 Å². The molecule has 2 N–H and O–H groups in total. The fourth-order valence-electron chi connectivity index (χ4n) is 4.45. The van der Waals surface area contributed by atoms with Gasteiger partial charge in [-0.05, 0) is 32.2 Å². The van der Waals surface area contributed by atoms with E-state index in [2.05, 4.69) is 20.7 Å². The van der Waals surface area contributed by atoms with Crippen LogP contribution in [-0.4, -0.2) is 66.1 Å². The summed E-state index contributed by atoms with van der Waals surface area (Å²) in [4.78, 5) is 46.3. The number of rotatable bonds is 3. The van der Waals surface area contributed by atoms with E-state index in [0.717, 1.165) is 13.1 Å². The van der Waals surface area contributed by atoms with E-state index in [1.54, 1.807) is 10.6 Å². The number of hydrogen-bond donors (Lipinski definition) is 2. The van der Waals surface area contributed by atoms with Gasteiger partial charge >= 0.3 is 0 Å². The van der Waals surface area contributed by atoms with Crippen molar-refractivity contribution in [2.75, 3.05) is 44.7 Å². The van der Waals surface area contributed by atoms with Crippen molar-refractivity contribution in [3.8, 4) is 5.75 Å². The average Bonchev–Trinajstić information content (AvgIpc) is 2.87. The number of pyridine rings is 2. The standard InChI is InChI=1S/C24H25FN6O4/c1-14-13-35-22-19-16(10-18(25)20(22)30-8-6-29(2)7-9-30)21(32)17(12-31(14)19)24(34)28-27-23(33)15-4-3-5-26-11-15/h3-5,10-12,14H,6-9,13H2,1-2H3,(H,27,33)(H,28,34)/t14-/m0/s1. The van der Waals surface area contributed by atoms with Crippen molar-refractivity contribution in [1.82, 2.24) is 25.3 Å². The maximum Gasteiger partial charge on any atom is 0.275 e. The first kappa shape index (κ1) is 22.8. The van der Waals surface area contributed by atoms with Crippen molar-refractivity contribution in [1.29, 1.82) is 0 Å². The van der Waals surface area contributed by atoms with Crippen molar-refractivity contribution in [2.45, 2.75) is 13.0 Å². The number of aromatic nitrogens is 2. The molecule has 35 heavy (non-hydrogen) atoms. The Morgan fingerprint density at radius 1 is 1.17 bits per heavy atom. The van der Waals surface area contributed by atoms with Gasteiger partial charge in [0, 0.05) is 44.8 Å². The minimum atomic E-state index is -0.804. The Kier molecular flexibility index (Phi) is 5.85. The van der Waals surface area contributed by atoms with E-state index in [-0.39, 0.29) is 29.2 Å². The highest BCUT2D eigenvalue weighted by Crippen LogP contribution is 2.42. The summed E-state index contributed by atoms with van der Waals surface area (Å²) in [6, 6.07) is 4.10. The largest absolute Gasteiger partial charge is 0.487 e. The Balaban J connectivity index is 1.52. The normalized spacial score (nSPS) is 17.7. The van der Waals surface area contributed by atoms with Gasteiger partial charge in [-0.15, -0.1) is 0 Å². The second kappa shape index (κ2) is 8.99. The van der Waals surface area contributed by atoms with Crippen molar-refractivity contribution in [3.05, 3.63) is 64.0 Å². The van der Waals surface area contributed by atoms with Gasteiger partial charge in [0.2, 0.25) is 5.43 Å². The zero-order valence-electron chi connectivity index (χ0n) is 19.4. The van der Waals surface area contributed by atoms with E-state index >= 15 is 4.39 Å². The van der Waals surface area contributed by atoms with E-state index in [1.807, 2.05) is 18.9 Å². The van der Waals surface area contributed by atoms with Crippen LogP contribution in [0.2, 0.25) is 0 Å². The number of benzene rings is 1. The molecule has 4 heterocycles. The average molecular weight is 481 g/mol. The smallest absolute Gasteiger partial charge is 0.275 e. The predicted octanol–water partition coefficient (Wildman–Crippen LogP) is 1.32. The van der Waals surface area contributed by atoms with Crippen LogP contribution in [0, 0.1) is 5.82 Å². The summed E-state index contributed by atoms with van der Waals surface area (Å²) in [6.45, 7) is 4.97. The Hall–Kier alpha value is -3.99. The summed E-state index contributed by atoms with van der Waals surface area (Å²) in [6.07, 6.45) is 4.31. The highest BCUT2D eigenvalue weighted by Gasteiger charge is 2.31. The number of ether oxygens (including phenoxy) is 1. The van der Waals surface area contributed by atoms with Gasteiger partial charge in [0.25, 0.3) is 11.8 Å². The lowest BCUT2D eigenvalue weighted by molar-refractivity contribution is 0.0845. The molecule has 0 radical (unpaired) electrons. The number of nitrogens with zero attached hydrogens (tertiary/aromatic N) is 4. The third-order valence-corrected chi connectivity index (χ3v) is 6.42. The molecule has 11 heteroatoms. The zero-order valence-corrected chi connectivity index (χ0v) is 19.4. The monoisotopic (exact) mass is 480 g/mol. The van der Waals surface area contributed by atoms with Crippen LogP contribution in [-0.2, 0) is 0 Å². The second-order valence-electron chi connectivity index (χ2n) is 8.81. The van der Waals surface area contributed by atoms with Gasteiger partial charge in [0.1, 0.15) is 17.9 Å². The van der Waals surface area contributed by atoms with Crippen molar-refractivity contribution >= 4 is 28.4 Å².